The average Bonchev–Trinajstić information content (AvgIpc) is 2.68. The van der Waals surface area contributed by atoms with Crippen LogP contribution in [0.2, 0.25) is 0 Å². The largest absolute Gasteiger partial charge is 0.453 e. The van der Waals surface area contributed by atoms with Gasteiger partial charge in [0.15, 0.2) is 0 Å². The van der Waals surface area contributed by atoms with Crippen molar-refractivity contribution in [2.24, 2.45) is 0 Å². The van der Waals surface area contributed by atoms with Crippen LogP contribution in [0.4, 0.5) is 4.79 Å². The summed E-state index contributed by atoms with van der Waals surface area (Å²) >= 11 is 0. The van der Waals surface area contributed by atoms with E-state index in [1.807, 2.05) is 0 Å². The lowest BCUT2D eigenvalue weighted by Crippen LogP contribution is -2.39. The number of methoxy groups -OCH3 is 1. The van der Waals surface area contributed by atoms with Crippen molar-refractivity contribution in [3.05, 3.63) is 23.5 Å². The number of amides is 1. The summed E-state index contributed by atoms with van der Waals surface area (Å²) in [6.07, 6.45) is 1.81. The van der Waals surface area contributed by atoms with Crippen LogP contribution in [0.3, 0.4) is 0 Å². The van der Waals surface area contributed by atoms with Gasteiger partial charge >= 0.3 is 6.09 Å². The Labute approximate surface area is 102 Å². The first-order valence-corrected chi connectivity index (χ1v) is 6.11. The summed E-state index contributed by atoms with van der Waals surface area (Å²) in [6.45, 7) is 5.85. The lowest BCUT2D eigenvalue weighted by molar-refractivity contribution is 0.106. The van der Waals surface area contributed by atoms with Gasteiger partial charge in [0, 0.05) is 30.5 Å². The topological polar surface area (TPSA) is 34.5 Å². The van der Waals surface area contributed by atoms with Gasteiger partial charge in [-0.2, -0.15) is 0 Å². The maximum atomic E-state index is 11.4. The first-order valence-electron chi connectivity index (χ1n) is 6.11. The van der Waals surface area contributed by atoms with Crippen molar-refractivity contribution in [2.75, 3.05) is 20.2 Å². The quantitative estimate of drug-likeness (QED) is 0.751. The van der Waals surface area contributed by atoms with Crippen LogP contribution in [0, 0.1) is 13.8 Å². The molecular weight excluding hydrogens is 216 g/mol. The third kappa shape index (κ3) is 2.30. The van der Waals surface area contributed by atoms with Gasteiger partial charge in [-0.15, -0.1) is 0 Å². The molecule has 1 saturated heterocycles. The molecule has 1 amide bonds. The summed E-state index contributed by atoms with van der Waals surface area (Å²) in [7, 11) is 1.44. The second-order valence-corrected chi connectivity index (χ2v) is 4.67. The number of rotatable bonds is 1. The normalized spacial score (nSPS) is 17.2. The molecule has 4 nitrogen and oxygen atoms in total. The van der Waals surface area contributed by atoms with E-state index in [1.165, 1.54) is 18.5 Å². The minimum absolute atomic E-state index is 0.204. The highest BCUT2D eigenvalue weighted by Crippen LogP contribution is 2.26. The molecule has 1 aliphatic rings. The highest BCUT2D eigenvalue weighted by atomic mass is 16.5. The fraction of sp³-hybridized carbons (Fsp3) is 0.615. The molecule has 4 heteroatoms. The molecule has 0 radical (unpaired) electrons. The number of hydrogen-bond acceptors (Lipinski definition) is 2. The van der Waals surface area contributed by atoms with Crippen molar-refractivity contribution in [3.8, 4) is 0 Å². The summed E-state index contributed by atoms with van der Waals surface area (Å²) in [4.78, 5) is 13.2. The number of piperidine rings is 1. The van der Waals surface area contributed by atoms with E-state index in [1.54, 1.807) is 4.90 Å². The predicted octanol–water partition coefficient (Wildman–Crippen LogP) is 2.51. The van der Waals surface area contributed by atoms with E-state index in [0.717, 1.165) is 25.9 Å². The van der Waals surface area contributed by atoms with E-state index in [9.17, 15) is 4.79 Å². The third-order valence-corrected chi connectivity index (χ3v) is 3.59. The minimum atomic E-state index is -0.204. The van der Waals surface area contributed by atoms with Gasteiger partial charge in [-0.3, -0.25) is 0 Å². The molecule has 0 atom stereocenters. The summed E-state index contributed by atoms with van der Waals surface area (Å²) in [5, 5.41) is 0. The van der Waals surface area contributed by atoms with E-state index in [4.69, 9.17) is 4.74 Å². The zero-order chi connectivity index (χ0) is 12.4. The summed E-state index contributed by atoms with van der Waals surface area (Å²) in [5.41, 5.74) is 2.61. The Kier molecular flexibility index (Phi) is 3.41. The fourth-order valence-corrected chi connectivity index (χ4v) is 2.69. The predicted molar refractivity (Wildman–Crippen MR) is 66.2 cm³/mol. The van der Waals surface area contributed by atoms with Crippen LogP contribution in [0.25, 0.3) is 0 Å². The Bertz CT molecular complexity index is 384. The van der Waals surface area contributed by atoms with Gasteiger partial charge < -0.3 is 14.2 Å². The van der Waals surface area contributed by atoms with Crippen LogP contribution >= 0.6 is 0 Å². The summed E-state index contributed by atoms with van der Waals surface area (Å²) in [6, 6.07) is 4.83. The van der Waals surface area contributed by atoms with Crippen molar-refractivity contribution in [1.82, 2.24) is 9.47 Å². The first kappa shape index (κ1) is 12.0. The summed E-state index contributed by atoms with van der Waals surface area (Å²) in [5.74, 6) is 0. The third-order valence-electron chi connectivity index (χ3n) is 3.59. The molecule has 0 aliphatic carbocycles. The van der Waals surface area contributed by atoms with Crippen LogP contribution in [0.1, 0.15) is 30.3 Å². The number of carbonyl (C=O) groups is 1. The second-order valence-electron chi connectivity index (χ2n) is 4.67. The Balaban J connectivity index is 2.02. The highest BCUT2D eigenvalue weighted by Gasteiger charge is 2.25. The Morgan fingerprint density at radius 1 is 1.24 bits per heavy atom. The number of aromatic nitrogens is 1. The molecule has 0 saturated carbocycles. The van der Waals surface area contributed by atoms with Gasteiger partial charge in [0.2, 0.25) is 0 Å². The first-order chi connectivity index (χ1) is 8.13. The van der Waals surface area contributed by atoms with Crippen LogP contribution in [0.5, 0.6) is 0 Å². The van der Waals surface area contributed by atoms with Crippen LogP contribution < -0.4 is 0 Å². The van der Waals surface area contributed by atoms with Crippen molar-refractivity contribution in [1.29, 1.82) is 0 Å². The van der Waals surface area contributed by atoms with E-state index < -0.39 is 0 Å². The molecule has 17 heavy (non-hydrogen) atoms. The summed E-state index contributed by atoms with van der Waals surface area (Å²) < 4.78 is 7.13. The van der Waals surface area contributed by atoms with E-state index in [0.29, 0.717) is 6.04 Å². The molecule has 1 aromatic heterocycles. The molecule has 94 valence electrons. The number of likely N-dealkylation sites (tertiary alicyclic amines) is 1. The van der Waals surface area contributed by atoms with Gasteiger partial charge in [-0.25, -0.2) is 4.79 Å². The minimum Gasteiger partial charge on any atom is -0.453 e. The Morgan fingerprint density at radius 2 is 1.76 bits per heavy atom. The van der Waals surface area contributed by atoms with Crippen LogP contribution in [0.15, 0.2) is 12.1 Å². The maximum Gasteiger partial charge on any atom is 0.409 e. The number of nitrogens with zero attached hydrogens (tertiary/aromatic N) is 2. The molecule has 0 N–H and O–H groups in total. The molecule has 1 aromatic rings. The highest BCUT2D eigenvalue weighted by molar-refractivity contribution is 5.67. The maximum absolute atomic E-state index is 11.4. The molecule has 2 rings (SSSR count). The van der Waals surface area contributed by atoms with Gasteiger partial charge in [-0.05, 0) is 38.8 Å². The average molecular weight is 236 g/mol. The Morgan fingerprint density at radius 3 is 2.24 bits per heavy atom. The molecule has 0 spiro atoms. The monoisotopic (exact) mass is 236 g/mol. The van der Waals surface area contributed by atoms with Crippen molar-refractivity contribution in [2.45, 2.75) is 32.7 Å². The molecule has 0 unspecified atom stereocenters. The van der Waals surface area contributed by atoms with Crippen LogP contribution in [-0.4, -0.2) is 35.8 Å². The van der Waals surface area contributed by atoms with Gasteiger partial charge in [0.05, 0.1) is 7.11 Å². The second kappa shape index (κ2) is 4.82. The fourth-order valence-electron chi connectivity index (χ4n) is 2.69. The lowest BCUT2D eigenvalue weighted by Gasteiger charge is -2.33. The molecule has 0 bridgehead atoms. The van der Waals surface area contributed by atoms with E-state index in [2.05, 4.69) is 30.5 Å². The zero-order valence-electron chi connectivity index (χ0n) is 10.8. The Hall–Kier alpha value is -1.45. The van der Waals surface area contributed by atoms with Crippen molar-refractivity contribution < 1.29 is 9.53 Å². The van der Waals surface area contributed by atoms with Gasteiger partial charge in [0.25, 0.3) is 0 Å². The number of hydrogen-bond donors (Lipinski definition) is 0. The molecule has 1 aliphatic heterocycles. The SMILES string of the molecule is COC(=O)N1CCC(n2c(C)ccc2C)CC1. The smallest absolute Gasteiger partial charge is 0.409 e. The van der Waals surface area contributed by atoms with Gasteiger partial charge in [-0.1, -0.05) is 0 Å². The molecule has 1 fully saturated rings. The standard InChI is InChI=1S/C13H20N2O2/c1-10-4-5-11(2)15(10)12-6-8-14(9-7-12)13(16)17-3/h4-5,12H,6-9H2,1-3H3. The number of aryl methyl sites for hydroxylation is 2. The lowest BCUT2D eigenvalue weighted by atomic mass is 10.0. The van der Waals surface area contributed by atoms with Crippen molar-refractivity contribution >= 4 is 6.09 Å². The van der Waals surface area contributed by atoms with E-state index >= 15 is 0 Å². The molecule has 0 aromatic carbocycles. The van der Waals surface area contributed by atoms with Crippen molar-refractivity contribution in [3.63, 3.8) is 0 Å². The van der Waals surface area contributed by atoms with Gasteiger partial charge in [0.1, 0.15) is 0 Å². The zero-order valence-corrected chi connectivity index (χ0v) is 10.8. The number of carbonyl (C=O) groups excluding carboxylic acids is 1. The van der Waals surface area contributed by atoms with Crippen LogP contribution in [-0.2, 0) is 4.74 Å². The molecule has 2 heterocycles. The number of ether oxygens (including phenoxy) is 1. The molecular formula is C13H20N2O2. The van der Waals surface area contributed by atoms with E-state index in [-0.39, 0.29) is 6.09 Å².